The average Bonchev–Trinajstić information content (AvgIpc) is 3.29. The van der Waals surface area contributed by atoms with Crippen LogP contribution in [0.25, 0.3) is 10.9 Å². The zero-order chi connectivity index (χ0) is 23.9. The van der Waals surface area contributed by atoms with E-state index in [0.29, 0.717) is 34.0 Å². The molecule has 4 rings (SSSR count). The average molecular weight is 463 g/mol. The van der Waals surface area contributed by atoms with Gasteiger partial charge in [0, 0.05) is 18.3 Å². The highest BCUT2D eigenvalue weighted by atomic mass is 16.5. The number of ether oxygens (including phenoxy) is 3. The molecule has 0 aliphatic carbocycles. The third kappa shape index (κ3) is 5.41. The molecule has 0 atom stereocenters. The molecule has 2 aromatic carbocycles. The Kier molecular flexibility index (Phi) is 7.19. The van der Waals surface area contributed by atoms with E-state index < -0.39 is 0 Å². The normalized spacial score (nSPS) is 10.8. The minimum absolute atomic E-state index is 0.0397. The first kappa shape index (κ1) is 23.0. The molecular formula is C24H26N6O4. The molecule has 2 aromatic heterocycles. The summed E-state index contributed by atoms with van der Waals surface area (Å²) in [6, 6.07) is 11.2. The largest absolute Gasteiger partial charge is 0.493 e. The monoisotopic (exact) mass is 462 g/mol. The molecule has 1 amide bonds. The summed E-state index contributed by atoms with van der Waals surface area (Å²) in [7, 11) is 3.12. The summed E-state index contributed by atoms with van der Waals surface area (Å²) in [5.41, 5.74) is 2.53. The molecule has 2 heterocycles. The molecule has 0 fully saturated rings. The molecule has 0 bridgehead atoms. The molecule has 0 radical (unpaired) electrons. The molecule has 34 heavy (non-hydrogen) atoms. The second kappa shape index (κ2) is 10.6. The van der Waals surface area contributed by atoms with Crippen molar-refractivity contribution in [2.75, 3.05) is 26.1 Å². The van der Waals surface area contributed by atoms with E-state index >= 15 is 0 Å². The fourth-order valence-electron chi connectivity index (χ4n) is 3.36. The lowest BCUT2D eigenvalue weighted by molar-refractivity contribution is -0.116. The molecule has 176 valence electrons. The van der Waals surface area contributed by atoms with E-state index in [1.807, 2.05) is 24.3 Å². The van der Waals surface area contributed by atoms with Gasteiger partial charge in [-0.15, -0.1) is 0 Å². The van der Waals surface area contributed by atoms with Crippen molar-refractivity contribution in [3.8, 4) is 23.1 Å². The number of amides is 1. The number of hydrogen-bond acceptors (Lipinski definition) is 8. The van der Waals surface area contributed by atoms with E-state index in [-0.39, 0.29) is 12.5 Å². The number of fused-ring (bicyclic) bond motifs is 1. The first-order valence-corrected chi connectivity index (χ1v) is 10.8. The summed E-state index contributed by atoms with van der Waals surface area (Å²) >= 11 is 0. The topological polar surface area (TPSA) is 112 Å². The molecule has 4 aromatic rings. The van der Waals surface area contributed by atoms with Crippen LogP contribution in [-0.4, -0.2) is 46.4 Å². The number of methoxy groups -OCH3 is 2. The maximum absolute atomic E-state index is 12.4. The Morgan fingerprint density at radius 2 is 1.82 bits per heavy atom. The van der Waals surface area contributed by atoms with Crippen molar-refractivity contribution >= 4 is 22.5 Å². The van der Waals surface area contributed by atoms with Crippen molar-refractivity contribution in [2.45, 2.75) is 20.0 Å². The maximum atomic E-state index is 12.4. The lowest BCUT2D eigenvalue weighted by Gasteiger charge is -2.10. The lowest BCUT2D eigenvalue weighted by Crippen LogP contribution is -2.19. The van der Waals surface area contributed by atoms with Crippen molar-refractivity contribution in [3.63, 3.8) is 0 Å². The van der Waals surface area contributed by atoms with E-state index in [2.05, 4.69) is 32.6 Å². The maximum Gasteiger partial charge on any atom is 0.246 e. The number of benzene rings is 2. The first-order chi connectivity index (χ1) is 16.6. The molecule has 10 heteroatoms. The second-order valence-electron chi connectivity index (χ2n) is 7.40. The predicted octanol–water partition coefficient (Wildman–Crippen LogP) is 3.38. The number of carbonyl (C=O) groups is 1. The van der Waals surface area contributed by atoms with E-state index in [9.17, 15) is 4.79 Å². The minimum atomic E-state index is -0.196. The van der Waals surface area contributed by atoms with Gasteiger partial charge in [0.25, 0.3) is 0 Å². The van der Waals surface area contributed by atoms with Crippen LogP contribution in [-0.2, 0) is 17.9 Å². The smallest absolute Gasteiger partial charge is 0.246 e. The van der Waals surface area contributed by atoms with Gasteiger partial charge >= 0.3 is 0 Å². The molecule has 0 unspecified atom stereocenters. The van der Waals surface area contributed by atoms with E-state index in [4.69, 9.17) is 14.2 Å². The first-order valence-electron chi connectivity index (χ1n) is 10.8. The summed E-state index contributed by atoms with van der Waals surface area (Å²) in [4.78, 5) is 20.9. The van der Waals surface area contributed by atoms with Crippen molar-refractivity contribution < 1.29 is 19.0 Å². The Bertz CT molecular complexity index is 1270. The van der Waals surface area contributed by atoms with Crippen LogP contribution >= 0.6 is 0 Å². The molecule has 2 N–H and O–H groups in total. The molecule has 0 saturated carbocycles. The summed E-state index contributed by atoms with van der Waals surface area (Å²) in [5.74, 6) is 1.68. The van der Waals surface area contributed by atoms with Gasteiger partial charge in [0.1, 0.15) is 12.9 Å². The molecular weight excluding hydrogens is 436 g/mol. The lowest BCUT2D eigenvalue weighted by atomic mass is 10.2. The number of rotatable bonds is 10. The zero-order valence-electron chi connectivity index (χ0n) is 19.2. The highest BCUT2D eigenvalue weighted by molar-refractivity contribution is 5.90. The number of nitrogens with zero attached hydrogens (tertiary/aromatic N) is 4. The fraction of sp³-hybridized carbons (Fsp3) is 0.250. The molecule has 0 saturated heterocycles. The van der Waals surface area contributed by atoms with Crippen LogP contribution in [0, 0.1) is 0 Å². The van der Waals surface area contributed by atoms with Gasteiger partial charge < -0.3 is 24.8 Å². The van der Waals surface area contributed by atoms with Gasteiger partial charge in [0.2, 0.25) is 11.8 Å². The standard InChI is InChI=1S/C24H26N6O4/c1-4-25-11-16-5-7-17(8-6-16)29-23(31)14-30-13-18(12-28-30)34-24-19-9-21(32-2)22(33-3)10-20(19)26-15-27-24/h5-10,12-13,15,25H,4,11,14H2,1-3H3,(H,29,31). The van der Waals surface area contributed by atoms with Crippen LogP contribution in [0.15, 0.2) is 55.1 Å². The van der Waals surface area contributed by atoms with Gasteiger partial charge in [-0.2, -0.15) is 5.10 Å². The molecule has 0 aliphatic heterocycles. The second-order valence-corrected chi connectivity index (χ2v) is 7.40. The predicted molar refractivity (Wildman–Crippen MR) is 127 cm³/mol. The summed E-state index contributed by atoms with van der Waals surface area (Å²) in [6.45, 7) is 3.80. The number of nitrogens with one attached hydrogen (secondary N) is 2. The Hall–Kier alpha value is -4.18. The van der Waals surface area contributed by atoms with Gasteiger partial charge in [0.05, 0.1) is 37.5 Å². The third-order valence-electron chi connectivity index (χ3n) is 5.05. The van der Waals surface area contributed by atoms with Crippen LogP contribution in [0.4, 0.5) is 5.69 Å². The van der Waals surface area contributed by atoms with Gasteiger partial charge in [-0.25, -0.2) is 9.97 Å². The van der Waals surface area contributed by atoms with E-state index in [1.165, 1.54) is 17.2 Å². The third-order valence-corrected chi connectivity index (χ3v) is 5.05. The van der Waals surface area contributed by atoms with Crippen molar-refractivity contribution in [2.24, 2.45) is 0 Å². The summed E-state index contributed by atoms with van der Waals surface area (Å²) in [6.07, 6.45) is 4.57. The van der Waals surface area contributed by atoms with Gasteiger partial charge in [-0.3, -0.25) is 9.48 Å². The quantitative estimate of drug-likeness (QED) is 0.369. The summed E-state index contributed by atoms with van der Waals surface area (Å²) in [5, 5.41) is 11.0. The van der Waals surface area contributed by atoms with Gasteiger partial charge in [0.15, 0.2) is 17.2 Å². The summed E-state index contributed by atoms with van der Waals surface area (Å²) < 4.78 is 18.1. The van der Waals surface area contributed by atoms with Crippen LogP contribution < -0.4 is 24.8 Å². The number of hydrogen-bond donors (Lipinski definition) is 2. The van der Waals surface area contributed by atoms with Gasteiger partial charge in [-0.05, 0) is 30.3 Å². The number of aromatic nitrogens is 4. The molecule has 0 spiro atoms. The van der Waals surface area contributed by atoms with E-state index in [1.54, 1.807) is 32.5 Å². The zero-order valence-corrected chi connectivity index (χ0v) is 19.2. The highest BCUT2D eigenvalue weighted by Crippen LogP contribution is 2.35. The number of anilines is 1. The minimum Gasteiger partial charge on any atom is -0.493 e. The van der Waals surface area contributed by atoms with Crippen molar-refractivity contribution in [1.82, 2.24) is 25.1 Å². The number of carbonyl (C=O) groups excluding carboxylic acids is 1. The Labute approximate surface area is 196 Å². The molecule has 10 nitrogen and oxygen atoms in total. The Morgan fingerprint density at radius 1 is 1.06 bits per heavy atom. The Balaban J connectivity index is 1.42. The van der Waals surface area contributed by atoms with Crippen LogP contribution in [0.1, 0.15) is 12.5 Å². The van der Waals surface area contributed by atoms with Crippen molar-refractivity contribution in [3.05, 3.63) is 60.7 Å². The molecule has 0 aliphatic rings. The SMILES string of the molecule is CCNCc1ccc(NC(=O)Cn2cc(Oc3ncnc4cc(OC)c(OC)cc34)cn2)cc1. The highest BCUT2D eigenvalue weighted by Gasteiger charge is 2.14. The van der Waals surface area contributed by atoms with Crippen LogP contribution in [0.3, 0.4) is 0 Å². The van der Waals surface area contributed by atoms with Crippen molar-refractivity contribution in [1.29, 1.82) is 0 Å². The van der Waals surface area contributed by atoms with E-state index in [0.717, 1.165) is 24.3 Å². The fourth-order valence-corrected chi connectivity index (χ4v) is 3.36. The van der Waals surface area contributed by atoms with Crippen LogP contribution in [0.2, 0.25) is 0 Å². The Morgan fingerprint density at radius 3 is 2.56 bits per heavy atom. The van der Waals surface area contributed by atoms with Crippen LogP contribution in [0.5, 0.6) is 23.1 Å². The van der Waals surface area contributed by atoms with Gasteiger partial charge in [-0.1, -0.05) is 19.1 Å².